The molecule has 4 nitrogen and oxygen atoms in total. The van der Waals surface area contributed by atoms with Gasteiger partial charge < -0.3 is 9.30 Å². The molecule has 0 amide bonds. The van der Waals surface area contributed by atoms with Crippen LogP contribution in [0.5, 0.6) is 11.5 Å². The smallest absolute Gasteiger partial charge is 0.139 e. The molecule has 150 valence electrons. The molecule has 1 aliphatic carbocycles. The van der Waals surface area contributed by atoms with E-state index in [0.29, 0.717) is 0 Å². The number of rotatable bonds is 5. The second-order valence-electron chi connectivity index (χ2n) is 8.02. The molecular weight excluding hydrogens is 370 g/mol. The molecule has 0 saturated heterocycles. The van der Waals surface area contributed by atoms with Gasteiger partial charge in [-0.1, -0.05) is 43.2 Å². The number of benzene rings is 2. The number of hydrogen-bond donors (Lipinski definition) is 0. The minimum atomic E-state index is -0.0184. The minimum absolute atomic E-state index is 0.0184. The molecule has 1 aliphatic rings. The molecule has 30 heavy (non-hydrogen) atoms. The molecule has 0 radical (unpaired) electrons. The Labute approximate surface area is 177 Å². The minimum Gasteiger partial charge on any atom is -0.457 e. The van der Waals surface area contributed by atoms with Crippen molar-refractivity contribution >= 4 is 0 Å². The van der Waals surface area contributed by atoms with Crippen molar-refractivity contribution < 1.29 is 4.74 Å². The van der Waals surface area contributed by atoms with Crippen molar-refractivity contribution in [3.8, 4) is 22.9 Å². The summed E-state index contributed by atoms with van der Waals surface area (Å²) in [5.74, 6) is 2.59. The van der Waals surface area contributed by atoms with Gasteiger partial charge in [-0.25, -0.2) is 4.98 Å². The van der Waals surface area contributed by atoms with Gasteiger partial charge >= 0.3 is 0 Å². The molecule has 0 atom stereocenters. The Morgan fingerprint density at radius 1 is 0.833 bits per heavy atom. The predicted octanol–water partition coefficient (Wildman–Crippen LogP) is 6.13. The van der Waals surface area contributed by atoms with Crippen LogP contribution in [0.4, 0.5) is 0 Å². The average Bonchev–Trinajstić information content (AvgIpc) is 3.45. The van der Waals surface area contributed by atoms with Crippen molar-refractivity contribution in [3.63, 3.8) is 0 Å². The van der Waals surface area contributed by atoms with Gasteiger partial charge in [-0.15, -0.1) is 0 Å². The van der Waals surface area contributed by atoms with E-state index in [1.54, 1.807) is 0 Å². The number of hydrogen-bond acceptors (Lipinski definition) is 3. The van der Waals surface area contributed by atoms with E-state index in [4.69, 9.17) is 9.72 Å². The quantitative estimate of drug-likeness (QED) is 0.408. The molecule has 2 aromatic carbocycles. The second kappa shape index (κ2) is 7.79. The predicted molar refractivity (Wildman–Crippen MR) is 119 cm³/mol. The Hall–Kier alpha value is -3.40. The Morgan fingerprint density at radius 2 is 1.63 bits per heavy atom. The standard InChI is InChI=1S/C26H25N3O/c1-29-17-16-28-25(29)20-8-6-10-22(18-20)30-23-11-7-9-21(19-23)26(13-3-4-14-26)24-12-2-5-15-27-24/h2,5-12,15-19H,3-4,13-14H2,1H3. The lowest BCUT2D eigenvalue weighted by Crippen LogP contribution is -2.25. The highest BCUT2D eigenvalue weighted by Crippen LogP contribution is 2.46. The van der Waals surface area contributed by atoms with Crippen molar-refractivity contribution in [3.05, 3.63) is 96.6 Å². The maximum atomic E-state index is 6.28. The lowest BCUT2D eigenvalue weighted by Gasteiger charge is -2.29. The fourth-order valence-electron chi connectivity index (χ4n) is 4.65. The van der Waals surface area contributed by atoms with E-state index in [2.05, 4.69) is 41.4 Å². The van der Waals surface area contributed by atoms with E-state index in [0.717, 1.165) is 41.4 Å². The van der Waals surface area contributed by atoms with Gasteiger partial charge in [0.25, 0.3) is 0 Å². The number of aromatic nitrogens is 3. The Morgan fingerprint density at radius 3 is 2.37 bits per heavy atom. The van der Waals surface area contributed by atoms with Crippen molar-refractivity contribution in [2.45, 2.75) is 31.1 Å². The lowest BCUT2D eigenvalue weighted by molar-refractivity contribution is 0.474. The van der Waals surface area contributed by atoms with Gasteiger partial charge in [0.05, 0.1) is 5.69 Å². The highest BCUT2D eigenvalue weighted by atomic mass is 16.5. The summed E-state index contributed by atoms with van der Waals surface area (Å²) in [7, 11) is 2.00. The molecule has 0 spiro atoms. The average molecular weight is 396 g/mol. The van der Waals surface area contributed by atoms with Gasteiger partial charge in [0, 0.05) is 36.6 Å². The highest BCUT2D eigenvalue weighted by molar-refractivity contribution is 5.58. The molecule has 0 aliphatic heterocycles. The third-order valence-corrected chi connectivity index (χ3v) is 6.15. The van der Waals surface area contributed by atoms with Gasteiger partial charge in [0.1, 0.15) is 17.3 Å². The van der Waals surface area contributed by atoms with Gasteiger partial charge in [-0.3, -0.25) is 4.98 Å². The van der Waals surface area contributed by atoms with E-state index in [1.165, 1.54) is 18.4 Å². The monoisotopic (exact) mass is 395 g/mol. The van der Waals surface area contributed by atoms with Gasteiger partial charge in [-0.05, 0) is 54.8 Å². The molecule has 0 N–H and O–H groups in total. The Bertz CT molecular complexity index is 1140. The third kappa shape index (κ3) is 3.39. The van der Waals surface area contributed by atoms with E-state index in [9.17, 15) is 0 Å². The Kier molecular flexibility index (Phi) is 4.83. The van der Waals surface area contributed by atoms with Crippen LogP contribution in [-0.2, 0) is 12.5 Å². The number of nitrogens with zero attached hydrogens (tertiary/aromatic N) is 3. The fraction of sp³-hybridized carbons (Fsp3) is 0.231. The molecular formula is C26H25N3O. The molecule has 4 heteroatoms. The van der Waals surface area contributed by atoms with E-state index >= 15 is 0 Å². The summed E-state index contributed by atoms with van der Waals surface area (Å²) >= 11 is 0. The number of pyridine rings is 1. The van der Waals surface area contributed by atoms with Crippen LogP contribution in [0.25, 0.3) is 11.4 Å². The van der Waals surface area contributed by atoms with Gasteiger partial charge in [0.2, 0.25) is 0 Å². The molecule has 1 fully saturated rings. The van der Waals surface area contributed by atoms with Crippen LogP contribution in [0, 0.1) is 0 Å². The van der Waals surface area contributed by atoms with Crippen molar-refractivity contribution in [2.24, 2.45) is 7.05 Å². The van der Waals surface area contributed by atoms with E-state index < -0.39 is 0 Å². The topological polar surface area (TPSA) is 39.9 Å². The number of aryl methyl sites for hydroxylation is 1. The normalized spacial score (nSPS) is 15.2. The summed E-state index contributed by atoms with van der Waals surface area (Å²) in [5.41, 5.74) is 3.47. The molecule has 0 unspecified atom stereocenters. The van der Waals surface area contributed by atoms with Crippen LogP contribution in [0.3, 0.4) is 0 Å². The molecule has 2 aromatic heterocycles. The number of imidazole rings is 1. The van der Waals surface area contributed by atoms with Crippen LogP contribution in [0.15, 0.2) is 85.3 Å². The maximum Gasteiger partial charge on any atom is 0.139 e. The summed E-state index contributed by atoms with van der Waals surface area (Å²) in [6.45, 7) is 0. The summed E-state index contributed by atoms with van der Waals surface area (Å²) in [5, 5.41) is 0. The van der Waals surface area contributed by atoms with Crippen molar-refractivity contribution in [1.29, 1.82) is 0 Å². The first kappa shape index (κ1) is 18.6. The second-order valence-corrected chi connectivity index (χ2v) is 8.02. The van der Waals surface area contributed by atoms with Crippen molar-refractivity contribution in [2.75, 3.05) is 0 Å². The summed E-state index contributed by atoms with van der Waals surface area (Å²) in [6.07, 6.45) is 10.4. The maximum absolute atomic E-state index is 6.28. The first-order valence-corrected chi connectivity index (χ1v) is 10.5. The highest BCUT2D eigenvalue weighted by Gasteiger charge is 2.38. The molecule has 1 saturated carbocycles. The van der Waals surface area contributed by atoms with Crippen molar-refractivity contribution in [1.82, 2.24) is 14.5 Å². The molecule has 5 rings (SSSR count). The zero-order chi connectivity index (χ0) is 20.4. The first-order chi connectivity index (χ1) is 14.7. The van der Waals surface area contributed by atoms with E-state index in [-0.39, 0.29) is 5.41 Å². The zero-order valence-electron chi connectivity index (χ0n) is 17.2. The van der Waals surface area contributed by atoms with E-state index in [1.807, 2.05) is 60.5 Å². The van der Waals surface area contributed by atoms with Crippen LogP contribution < -0.4 is 4.74 Å². The summed E-state index contributed by atoms with van der Waals surface area (Å²) in [6, 6.07) is 22.9. The molecule has 0 bridgehead atoms. The first-order valence-electron chi connectivity index (χ1n) is 10.5. The van der Waals surface area contributed by atoms with Crippen LogP contribution in [0.1, 0.15) is 36.9 Å². The summed E-state index contributed by atoms with van der Waals surface area (Å²) in [4.78, 5) is 9.16. The van der Waals surface area contributed by atoms with Crippen LogP contribution >= 0.6 is 0 Å². The molecule has 4 aromatic rings. The van der Waals surface area contributed by atoms with Gasteiger partial charge in [-0.2, -0.15) is 0 Å². The third-order valence-electron chi connectivity index (χ3n) is 6.15. The largest absolute Gasteiger partial charge is 0.457 e. The summed E-state index contributed by atoms with van der Waals surface area (Å²) < 4.78 is 8.29. The molecule has 2 heterocycles. The lowest BCUT2D eigenvalue weighted by atomic mass is 9.75. The SMILES string of the molecule is Cn1ccnc1-c1cccc(Oc2cccc(C3(c4ccccn4)CCCC3)c2)c1. The van der Waals surface area contributed by atoms with Crippen LogP contribution in [0.2, 0.25) is 0 Å². The van der Waals surface area contributed by atoms with Crippen LogP contribution in [-0.4, -0.2) is 14.5 Å². The fourth-order valence-corrected chi connectivity index (χ4v) is 4.65. The Balaban J connectivity index is 1.47. The van der Waals surface area contributed by atoms with Gasteiger partial charge in [0.15, 0.2) is 0 Å². The number of ether oxygens (including phenoxy) is 1. The zero-order valence-corrected chi connectivity index (χ0v) is 17.2.